The maximum absolute atomic E-state index is 5.98. The van der Waals surface area contributed by atoms with Crippen LogP contribution in [0.4, 0.5) is 0 Å². The second kappa shape index (κ2) is 8.89. The van der Waals surface area contributed by atoms with Gasteiger partial charge in [0.1, 0.15) is 0 Å². The third-order valence-electron chi connectivity index (χ3n) is 4.46. The number of morpholine rings is 1. The van der Waals surface area contributed by atoms with Crippen molar-refractivity contribution >= 4 is 23.4 Å². The predicted molar refractivity (Wildman–Crippen MR) is 108 cm³/mol. The third-order valence-corrected chi connectivity index (χ3v) is 5.72. The van der Waals surface area contributed by atoms with Crippen molar-refractivity contribution in [3.05, 3.63) is 71.0 Å². The van der Waals surface area contributed by atoms with Crippen LogP contribution in [-0.4, -0.2) is 46.0 Å². The highest BCUT2D eigenvalue weighted by Crippen LogP contribution is 2.26. The van der Waals surface area contributed by atoms with Gasteiger partial charge in [-0.2, -0.15) is 0 Å². The molecule has 1 aliphatic rings. The number of rotatable bonds is 6. The molecule has 1 aliphatic heterocycles. The largest absolute Gasteiger partial charge is 0.379 e. The molecule has 4 rings (SSSR count). The van der Waals surface area contributed by atoms with E-state index < -0.39 is 0 Å². The minimum absolute atomic E-state index is 0.754. The molecule has 1 fully saturated rings. The number of aromatic nitrogens is 3. The van der Waals surface area contributed by atoms with Crippen molar-refractivity contribution in [3.63, 3.8) is 0 Å². The first-order chi connectivity index (χ1) is 13.3. The summed E-state index contributed by atoms with van der Waals surface area (Å²) >= 11 is 7.67. The number of hydrogen-bond acceptors (Lipinski definition) is 5. The number of hydrogen-bond donors (Lipinski definition) is 0. The molecule has 27 heavy (non-hydrogen) atoms. The van der Waals surface area contributed by atoms with Gasteiger partial charge in [-0.3, -0.25) is 9.47 Å². The van der Waals surface area contributed by atoms with Crippen LogP contribution >= 0.6 is 23.4 Å². The fraction of sp³-hybridized carbons (Fsp3) is 0.300. The molecule has 2 aromatic carbocycles. The van der Waals surface area contributed by atoms with E-state index in [0.29, 0.717) is 0 Å². The predicted octanol–water partition coefficient (Wildman–Crippen LogP) is 4.05. The van der Waals surface area contributed by atoms with Crippen LogP contribution in [0.3, 0.4) is 0 Å². The van der Waals surface area contributed by atoms with Crippen LogP contribution in [0.1, 0.15) is 11.4 Å². The van der Waals surface area contributed by atoms with Crippen LogP contribution in [0.2, 0.25) is 5.02 Å². The van der Waals surface area contributed by atoms with Crippen molar-refractivity contribution in [1.82, 2.24) is 19.7 Å². The Labute approximate surface area is 168 Å². The fourth-order valence-corrected chi connectivity index (χ4v) is 4.07. The lowest BCUT2D eigenvalue weighted by Crippen LogP contribution is -2.36. The molecule has 2 heterocycles. The molecule has 0 aliphatic carbocycles. The monoisotopic (exact) mass is 400 g/mol. The average Bonchev–Trinajstić information content (AvgIpc) is 3.11. The molecular weight excluding hydrogens is 380 g/mol. The van der Waals surface area contributed by atoms with Gasteiger partial charge in [0.05, 0.1) is 19.8 Å². The van der Waals surface area contributed by atoms with Gasteiger partial charge in [0.2, 0.25) is 0 Å². The lowest BCUT2D eigenvalue weighted by atomic mass is 10.2. The number of halogens is 1. The molecule has 7 heteroatoms. The Balaban J connectivity index is 1.57. The summed E-state index contributed by atoms with van der Waals surface area (Å²) in [4.78, 5) is 2.36. The molecule has 5 nitrogen and oxygen atoms in total. The molecule has 3 aromatic rings. The third kappa shape index (κ3) is 4.71. The van der Waals surface area contributed by atoms with E-state index in [2.05, 4.69) is 31.8 Å². The quantitative estimate of drug-likeness (QED) is 0.584. The van der Waals surface area contributed by atoms with Crippen molar-refractivity contribution in [2.45, 2.75) is 17.5 Å². The summed E-state index contributed by atoms with van der Waals surface area (Å²) < 4.78 is 7.62. The van der Waals surface area contributed by atoms with Gasteiger partial charge in [0.25, 0.3) is 0 Å². The smallest absolute Gasteiger partial charge is 0.196 e. The molecular formula is C20H21ClN4OS. The van der Waals surface area contributed by atoms with Crippen molar-refractivity contribution in [1.29, 1.82) is 0 Å². The van der Waals surface area contributed by atoms with Crippen LogP contribution in [0, 0.1) is 0 Å². The minimum Gasteiger partial charge on any atom is -0.379 e. The molecule has 0 spiro atoms. The first kappa shape index (κ1) is 18.5. The van der Waals surface area contributed by atoms with E-state index in [4.69, 9.17) is 16.3 Å². The van der Waals surface area contributed by atoms with Crippen LogP contribution < -0.4 is 0 Å². The maximum Gasteiger partial charge on any atom is 0.196 e. The zero-order valence-electron chi connectivity index (χ0n) is 14.9. The van der Waals surface area contributed by atoms with E-state index in [0.717, 1.165) is 60.3 Å². The van der Waals surface area contributed by atoms with Crippen molar-refractivity contribution in [2.24, 2.45) is 0 Å². The Morgan fingerprint density at radius 1 is 0.963 bits per heavy atom. The minimum atomic E-state index is 0.754. The van der Waals surface area contributed by atoms with E-state index in [1.54, 1.807) is 11.8 Å². The van der Waals surface area contributed by atoms with Gasteiger partial charge < -0.3 is 4.74 Å². The lowest BCUT2D eigenvalue weighted by Gasteiger charge is -2.26. The number of benzene rings is 2. The Kier molecular flexibility index (Phi) is 6.09. The standard InChI is InChI=1S/C20H21ClN4OS/c21-17-8-6-16(7-9-17)15-27-20-23-22-19(14-24-10-12-26-13-11-24)25(20)18-4-2-1-3-5-18/h1-9H,10-15H2. The molecule has 0 atom stereocenters. The summed E-state index contributed by atoms with van der Waals surface area (Å²) in [6, 6.07) is 18.2. The van der Waals surface area contributed by atoms with E-state index in [9.17, 15) is 0 Å². The highest BCUT2D eigenvalue weighted by molar-refractivity contribution is 7.98. The SMILES string of the molecule is Clc1ccc(CSc2nnc(CN3CCOCC3)n2-c2ccccc2)cc1. The molecule has 0 saturated carbocycles. The molecule has 0 radical (unpaired) electrons. The Morgan fingerprint density at radius 2 is 1.70 bits per heavy atom. The normalized spacial score (nSPS) is 15.1. The zero-order valence-corrected chi connectivity index (χ0v) is 16.5. The fourth-order valence-electron chi connectivity index (χ4n) is 3.02. The van der Waals surface area contributed by atoms with Crippen molar-refractivity contribution in [3.8, 4) is 5.69 Å². The Hall–Kier alpha value is -1.86. The van der Waals surface area contributed by atoms with Crippen LogP contribution in [0.25, 0.3) is 5.69 Å². The molecule has 1 saturated heterocycles. The van der Waals surface area contributed by atoms with E-state index in [1.165, 1.54) is 5.56 Å². The number of nitrogens with zero attached hydrogens (tertiary/aromatic N) is 4. The highest BCUT2D eigenvalue weighted by Gasteiger charge is 2.18. The summed E-state index contributed by atoms with van der Waals surface area (Å²) in [6.45, 7) is 4.17. The molecule has 0 bridgehead atoms. The highest BCUT2D eigenvalue weighted by atomic mass is 35.5. The first-order valence-electron chi connectivity index (χ1n) is 8.97. The van der Waals surface area contributed by atoms with Gasteiger partial charge in [-0.25, -0.2) is 0 Å². The average molecular weight is 401 g/mol. The van der Waals surface area contributed by atoms with Crippen molar-refractivity contribution < 1.29 is 4.74 Å². The summed E-state index contributed by atoms with van der Waals surface area (Å²) in [5, 5.41) is 10.6. The van der Waals surface area contributed by atoms with Crippen LogP contribution in [0.5, 0.6) is 0 Å². The van der Waals surface area contributed by atoms with Gasteiger partial charge in [0.15, 0.2) is 11.0 Å². The number of thioether (sulfide) groups is 1. The van der Waals surface area contributed by atoms with E-state index in [-0.39, 0.29) is 0 Å². The van der Waals surface area contributed by atoms with Gasteiger partial charge in [-0.15, -0.1) is 10.2 Å². The second-order valence-electron chi connectivity index (χ2n) is 6.37. The lowest BCUT2D eigenvalue weighted by molar-refractivity contribution is 0.0328. The van der Waals surface area contributed by atoms with E-state index in [1.807, 2.05) is 42.5 Å². The van der Waals surface area contributed by atoms with Crippen LogP contribution in [0.15, 0.2) is 59.8 Å². The molecule has 140 valence electrons. The van der Waals surface area contributed by atoms with Gasteiger partial charge in [-0.05, 0) is 29.8 Å². The molecule has 1 aromatic heterocycles. The molecule has 0 unspecified atom stereocenters. The van der Waals surface area contributed by atoms with Crippen molar-refractivity contribution in [2.75, 3.05) is 26.3 Å². The maximum atomic E-state index is 5.98. The number of ether oxygens (including phenoxy) is 1. The van der Waals surface area contributed by atoms with E-state index >= 15 is 0 Å². The Morgan fingerprint density at radius 3 is 2.44 bits per heavy atom. The van der Waals surface area contributed by atoms with Gasteiger partial charge >= 0.3 is 0 Å². The zero-order chi connectivity index (χ0) is 18.5. The molecule has 0 N–H and O–H groups in total. The summed E-state index contributed by atoms with van der Waals surface area (Å²) in [7, 11) is 0. The molecule has 0 amide bonds. The van der Waals surface area contributed by atoms with Gasteiger partial charge in [0, 0.05) is 29.6 Å². The van der Waals surface area contributed by atoms with Gasteiger partial charge in [-0.1, -0.05) is 53.7 Å². The van der Waals surface area contributed by atoms with Crippen LogP contribution in [-0.2, 0) is 17.0 Å². The summed E-state index contributed by atoms with van der Waals surface area (Å²) in [5.41, 5.74) is 2.30. The topological polar surface area (TPSA) is 43.2 Å². The summed E-state index contributed by atoms with van der Waals surface area (Å²) in [5.74, 6) is 1.78. The summed E-state index contributed by atoms with van der Waals surface area (Å²) in [6.07, 6.45) is 0. The Bertz CT molecular complexity index is 863. The number of para-hydroxylation sites is 1. The second-order valence-corrected chi connectivity index (χ2v) is 7.75. The first-order valence-corrected chi connectivity index (χ1v) is 10.3.